The predicted octanol–water partition coefficient (Wildman–Crippen LogP) is 6.96. The van der Waals surface area contributed by atoms with E-state index in [1.165, 1.54) is 56.1 Å². The molecule has 1 aromatic carbocycles. The van der Waals surface area contributed by atoms with E-state index in [-0.39, 0.29) is 0 Å². The Kier molecular flexibility index (Phi) is 5.67. The minimum Gasteiger partial charge on any atom is -0.0802 e. The number of hydrogen-bond acceptors (Lipinski definition) is 0. The fraction of sp³-hybridized carbons (Fsp3) is 0.619. The van der Waals surface area contributed by atoms with Crippen LogP contribution in [-0.4, -0.2) is 0 Å². The summed E-state index contributed by atoms with van der Waals surface area (Å²) in [6.07, 6.45) is 11.9. The Hall–Kier alpha value is -1.04. The van der Waals surface area contributed by atoms with Gasteiger partial charge < -0.3 is 0 Å². The van der Waals surface area contributed by atoms with Crippen molar-refractivity contribution in [2.75, 3.05) is 0 Å². The van der Waals surface area contributed by atoms with Gasteiger partial charge in [0.1, 0.15) is 0 Å². The van der Waals surface area contributed by atoms with Crippen LogP contribution in [0.15, 0.2) is 30.3 Å². The molecule has 0 amide bonds. The van der Waals surface area contributed by atoms with E-state index in [0.717, 1.165) is 0 Å². The van der Waals surface area contributed by atoms with Gasteiger partial charge in [0.2, 0.25) is 0 Å². The lowest BCUT2D eigenvalue weighted by atomic mass is 9.69. The highest BCUT2D eigenvalue weighted by atomic mass is 14.3. The molecule has 0 saturated heterocycles. The molecule has 1 aliphatic rings. The highest BCUT2D eigenvalue weighted by Crippen LogP contribution is 2.45. The quantitative estimate of drug-likeness (QED) is 0.529. The second kappa shape index (κ2) is 7.29. The molecule has 0 bridgehead atoms. The molecule has 0 heteroatoms. The first-order chi connectivity index (χ1) is 10.1. The van der Waals surface area contributed by atoms with Crippen molar-refractivity contribution < 1.29 is 0 Å². The summed E-state index contributed by atoms with van der Waals surface area (Å²) in [5.41, 5.74) is 5.07. The van der Waals surface area contributed by atoms with E-state index in [9.17, 15) is 0 Å². The average Bonchev–Trinajstić information content (AvgIpc) is 2.49. The van der Waals surface area contributed by atoms with E-state index in [4.69, 9.17) is 0 Å². The number of rotatable bonds is 6. The molecule has 0 unspecified atom stereocenters. The van der Waals surface area contributed by atoms with E-state index in [0.29, 0.717) is 11.3 Å². The second-order valence-corrected chi connectivity index (χ2v) is 7.21. The van der Waals surface area contributed by atoms with Crippen LogP contribution < -0.4 is 0 Å². The van der Waals surface area contributed by atoms with Crippen LogP contribution in [0.3, 0.4) is 0 Å². The minimum absolute atomic E-state index is 0.602. The highest BCUT2D eigenvalue weighted by Gasteiger charge is 2.30. The maximum absolute atomic E-state index is 2.54. The fourth-order valence-corrected chi connectivity index (χ4v) is 3.93. The topological polar surface area (TPSA) is 0 Å². The number of hydrogen-bond donors (Lipinski definition) is 0. The lowest BCUT2D eigenvalue weighted by Crippen LogP contribution is -2.22. The Balaban J connectivity index is 2.11. The van der Waals surface area contributed by atoms with Crippen molar-refractivity contribution in [2.24, 2.45) is 5.41 Å². The molecular weight excluding hydrogens is 252 g/mol. The summed E-state index contributed by atoms with van der Waals surface area (Å²) in [6, 6.07) is 9.27. The maximum Gasteiger partial charge on any atom is -0.0219 e. The lowest BCUT2D eigenvalue weighted by Gasteiger charge is -2.36. The van der Waals surface area contributed by atoms with Gasteiger partial charge in [-0.05, 0) is 60.1 Å². The smallest absolute Gasteiger partial charge is 0.0219 e. The van der Waals surface area contributed by atoms with Gasteiger partial charge in [0, 0.05) is 0 Å². The van der Waals surface area contributed by atoms with E-state index < -0.39 is 0 Å². The molecule has 0 N–H and O–H groups in total. The summed E-state index contributed by atoms with van der Waals surface area (Å²) in [6.45, 7) is 9.19. The zero-order valence-electron chi connectivity index (χ0n) is 14.4. The molecule has 21 heavy (non-hydrogen) atoms. The van der Waals surface area contributed by atoms with Crippen LogP contribution in [0.4, 0.5) is 0 Å². The predicted molar refractivity (Wildman–Crippen MR) is 94.6 cm³/mol. The molecule has 2 rings (SSSR count). The Bertz CT molecular complexity index is 455. The van der Waals surface area contributed by atoms with Crippen molar-refractivity contribution in [3.05, 3.63) is 41.5 Å². The van der Waals surface area contributed by atoms with Gasteiger partial charge in [-0.1, -0.05) is 70.9 Å². The summed E-state index contributed by atoms with van der Waals surface area (Å²) >= 11 is 0. The molecular formula is C21H32. The molecule has 0 heterocycles. The van der Waals surface area contributed by atoms with Crippen LogP contribution in [-0.2, 0) is 0 Å². The van der Waals surface area contributed by atoms with E-state index in [2.05, 4.69) is 58.0 Å². The monoisotopic (exact) mass is 284 g/mol. The summed E-state index contributed by atoms with van der Waals surface area (Å²) in [5.74, 6) is 0.626. The Labute approximate surface area is 131 Å². The molecule has 0 aromatic heterocycles. The molecule has 116 valence electrons. The molecule has 0 fully saturated rings. The van der Waals surface area contributed by atoms with Crippen LogP contribution >= 0.6 is 0 Å². The Morgan fingerprint density at radius 3 is 2.05 bits per heavy atom. The Morgan fingerprint density at radius 2 is 1.62 bits per heavy atom. The van der Waals surface area contributed by atoms with E-state index in [1.54, 1.807) is 5.57 Å². The second-order valence-electron chi connectivity index (χ2n) is 7.21. The van der Waals surface area contributed by atoms with Crippen LogP contribution in [0.1, 0.15) is 89.7 Å². The summed E-state index contributed by atoms with van der Waals surface area (Å²) < 4.78 is 0. The average molecular weight is 284 g/mol. The number of benzene rings is 1. The minimum atomic E-state index is 0.602. The van der Waals surface area contributed by atoms with Crippen LogP contribution in [0.2, 0.25) is 0 Å². The van der Waals surface area contributed by atoms with Crippen molar-refractivity contribution in [1.29, 1.82) is 0 Å². The summed E-state index contributed by atoms with van der Waals surface area (Å²) in [5, 5.41) is 0. The van der Waals surface area contributed by atoms with Gasteiger partial charge in [0.15, 0.2) is 0 Å². The first-order valence-electron chi connectivity index (χ1n) is 8.89. The number of allylic oxidation sites excluding steroid dienone is 2. The third-order valence-electron chi connectivity index (χ3n) is 5.21. The zero-order chi connectivity index (χ0) is 15.3. The van der Waals surface area contributed by atoms with Gasteiger partial charge in [-0.2, -0.15) is 0 Å². The van der Waals surface area contributed by atoms with Crippen LogP contribution in [0.25, 0.3) is 5.57 Å². The van der Waals surface area contributed by atoms with Crippen LogP contribution in [0.5, 0.6) is 0 Å². The van der Waals surface area contributed by atoms with E-state index >= 15 is 0 Å². The largest absolute Gasteiger partial charge is 0.0802 e. The molecule has 0 nitrogen and oxygen atoms in total. The molecule has 0 radical (unpaired) electrons. The third-order valence-corrected chi connectivity index (χ3v) is 5.21. The Morgan fingerprint density at radius 1 is 1.00 bits per heavy atom. The first-order valence-corrected chi connectivity index (χ1v) is 8.89. The normalized spacial score (nSPS) is 17.9. The van der Waals surface area contributed by atoms with Crippen LogP contribution in [0, 0.1) is 5.41 Å². The highest BCUT2D eigenvalue weighted by molar-refractivity contribution is 5.66. The summed E-state index contributed by atoms with van der Waals surface area (Å²) in [4.78, 5) is 0. The van der Waals surface area contributed by atoms with Crippen molar-refractivity contribution in [2.45, 2.75) is 78.6 Å². The van der Waals surface area contributed by atoms with Gasteiger partial charge in [0.25, 0.3) is 0 Å². The van der Waals surface area contributed by atoms with Crippen molar-refractivity contribution >= 4 is 5.57 Å². The molecule has 0 saturated carbocycles. The van der Waals surface area contributed by atoms with Crippen molar-refractivity contribution in [3.8, 4) is 0 Å². The lowest BCUT2D eigenvalue weighted by molar-refractivity contribution is 0.213. The third kappa shape index (κ3) is 3.99. The van der Waals surface area contributed by atoms with Gasteiger partial charge in [-0.15, -0.1) is 0 Å². The van der Waals surface area contributed by atoms with Crippen molar-refractivity contribution in [1.82, 2.24) is 0 Å². The van der Waals surface area contributed by atoms with Gasteiger partial charge in [-0.25, -0.2) is 0 Å². The molecule has 0 atom stereocenters. The van der Waals surface area contributed by atoms with Gasteiger partial charge >= 0.3 is 0 Å². The molecule has 0 spiro atoms. The molecule has 1 aromatic rings. The SMILES string of the molecule is CCCC1(CCC)CC=C(c2ccc(C(C)C)cc2)CC1. The van der Waals surface area contributed by atoms with E-state index in [1.807, 2.05) is 0 Å². The fourth-order valence-electron chi connectivity index (χ4n) is 3.93. The summed E-state index contributed by atoms with van der Waals surface area (Å²) in [7, 11) is 0. The molecule has 1 aliphatic carbocycles. The van der Waals surface area contributed by atoms with Gasteiger partial charge in [-0.3, -0.25) is 0 Å². The van der Waals surface area contributed by atoms with Gasteiger partial charge in [0.05, 0.1) is 0 Å². The zero-order valence-corrected chi connectivity index (χ0v) is 14.4. The molecule has 0 aliphatic heterocycles. The maximum atomic E-state index is 2.54. The standard InChI is InChI=1S/C21H32/c1-5-13-21(14-6-2)15-11-20(12-16-21)19-9-7-18(8-10-19)17(3)4/h7-11,17H,5-6,12-16H2,1-4H3. The van der Waals surface area contributed by atoms with Crippen molar-refractivity contribution in [3.63, 3.8) is 0 Å². The first kappa shape index (κ1) is 16.3.